The maximum Gasteiger partial charge on any atom is 0.573 e. The molecular formula is C12H15F3N2O2. The van der Waals surface area contributed by atoms with E-state index in [1.807, 2.05) is 0 Å². The molecule has 1 atom stereocenters. The van der Waals surface area contributed by atoms with Crippen molar-refractivity contribution in [3.63, 3.8) is 0 Å². The molecule has 0 aliphatic rings. The van der Waals surface area contributed by atoms with E-state index in [4.69, 9.17) is 5.73 Å². The SMILES string of the molecule is C[C@@H](N)C(=O)N(C)Cc1cccc(OC(F)(F)F)c1. The quantitative estimate of drug-likeness (QED) is 0.913. The molecule has 106 valence electrons. The molecule has 0 heterocycles. The monoisotopic (exact) mass is 276 g/mol. The number of likely N-dealkylation sites (N-methyl/N-ethyl adjacent to an activating group) is 1. The summed E-state index contributed by atoms with van der Waals surface area (Å²) in [6, 6.07) is 4.82. The molecule has 0 fully saturated rings. The van der Waals surface area contributed by atoms with E-state index >= 15 is 0 Å². The van der Waals surface area contributed by atoms with E-state index in [9.17, 15) is 18.0 Å². The predicted octanol–water partition coefficient (Wildman–Crippen LogP) is 1.89. The fraction of sp³-hybridized carbons (Fsp3) is 0.417. The Hall–Kier alpha value is -1.76. The summed E-state index contributed by atoms with van der Waals surface area (Å²) >= 11 is 0. The van der Waals surface area contributed by atoms with E-state index in [1.54, 1.807) is 13.0 Å². The molecule has 0 aromatic heterocycles. The summed E-state index contributed by atoms with van der Waals surface area (Å²) in [5.74, 6) is -0.603. The molecular weight excluding hydrogens is 261 g/mol. The highest BCUT2D eigenvalue weighted by atomic mass is 19.4. The van der Waals surface area contributed by atoms with E-state index in [1.165, 1.54) is 30.1 Å². The highest BCUT2D eigenvalue weighted by Crippen LogP contribution is 2.23. The van der Waals surface area contributed by atoms with Crippen molar-refractivity contribution in [2.24, 2.45) is 5.73 Å². The maximum atomic E-state index is 12.1. The minimum Gasteiger partial charge on any atom is -0.406 e. The number of benzene rings is 1. The zero-order chi connectivity index (χ0) is 14.6. The van der Waals surface area contributed by atoms with Gasteiger partial charge in [-0.3, -0.25) is 4.79 Å². The average Bonchev–Trinajstić information content (AvgIpc) is 2.25. The summed E-state index contributed by atoms with van der Waals surface area (Å²) in [6.07, 6.45) is -4.73. The van der Waals surface area contributed by atoms with Gasteiger partial charge in [-0.1, -0.05) is 12.1 Å². The molecule has 1 rings (SSSR count). The number of amides is 1. The zero-order valence-corrected chi connectivity index (χ0v) is 10.6. The predicted molar refractivity (Wildman–Crippen MR) is 63.2 cm³/mol. The van der Waals surface area contributed by atoms with Gasteiger partial charge in [0.25, 0.3) is 0 Å². The normalized spacial score (nSPS) is 12.9. The third-order valence-electron chi connectivity index (χ3n) is 2.32. The molecule has 2 N–H and O–H groups in total. The Kier molecular flexibility index (Phi) is 4.77. The van der Waals surface area contributed by atoms with Crippen LogP contribution in [0, 0.1) is 0 Å². The van der Waals surface area contributed by atoms with E-state index in [2.05, 4.69) is 4.74 Å². The van der Waals surface area contributed by atoms with Crippen LogP contribution in [0.2, 0.25) is 0 Å². The Labute approximate surface area is 108 Å². The molecule has 4 nitrogen and oxygen atoms in total. The summed E-state index contributed by atoms with van der Waals surface area (Å²) in [6.45, 7) is 1.71. The van der Waals surface area contributed by atoms with Crippen molar-refractivity contribution in [1.29, 1.82) is 0 Å². The van der Waals surface area contributed by atoms with Crippen LogP contribution in [-0.2, 0) is 11.3 Å². The fourth-order valence-corrected chi connectivity index (χ4v) is 1.54. The Bertz CT molecular complexity index is 447. The highest BCUT2D eigenvalue weighted by Gasteiger charge is 2.31. The number of nitrogens with zero attached hydrogens (tertiary/aromatic N) is 1. The molecule has 1 amide bonds. The van der Waals surface area contributed by atoms with Gasteiger partial charge in [0.05, 0.1) is 6.04 Å². The number of carbonyl (C=O) groups excluding carboxylic acids is 1. The first-order valence-electron chi connectivity index (χ1n) is 5.54. The smallest absolute Gasteiger partial charge is 0.406 e. The number of halogens is 3. The summed E-state index contributed by atoms with van der Waals surface area (Å²) in [4.78, 5) is 12.9. The van der Waals surface area contributed by atoms with Gasteiger partial charge in [-0.2, -0.15) is 0 Å². The van der Waals surface area contributed by atoms with Crippen LogP contribution >= 0.6 is 0 Å². The lowest BCUT2D eigenvalue weighted by atomic mass is 10.2. The molecule has 0 spiro atoms. The summed E-state index contributed by atoms with van der Waals surface area (Å²) < 4.78 is 40.0. The zero-order valence-electron chi connectivity index (χ0n) is 10.6. The molecule has 0 radical (unpaired) electrons. The highest BCUT2D eigenvalue weighted by molar-refractivity contribution is 5.80. The summed E-state index contributed by atoms with van der Waals surface area (Å²) in [5, 5.41) is 0. The van der Waals surface area contributed by atoms with Crippen molar-refractivity contribution in [3.05, 3.63) is 29.8 Å². The number of hydrogen-bond acceptors (Lipinski definition) is 3. The average molecular weight is 276 g/mol. The van der Waals surface area contributed by atoms with Crippen molar-refractivity contribution >= 4 is 5.91 Å². The van der Waals surface area contributed by atoms with Gasteiger partial charge in [-0.25, -0.2) is 0 Å². The first-order chi connectivity index (χ1) is 8.69. The Morgan fingerprint density at radius 2 is 2.11 bits per heavy atom. The first-order valence-corrected chi connectivity index (χ1v) is 5.54. The van der Waals surface area contributed by atoms with Gasteiger partial charge in [0.2, 0.25) is 5.91 Å². The third-order valence-corrected chi connectivity index (χ3v) is 2.32. The largest absolute Gasteiger partial charge is 0.573 e. The van der Waals surface area contributed by atoms with Crippen LogP contribution in [0.3, 0.4) is 0 Å². The van der Waals surface area contributed by atoms with Crippen molar-refractivity contribution in [1.82, 2.24) is 4.90 Å². The Morgan fingerprint density at radius 3 is 2.63 bits per heavy atom. The van der Waals surface area contributed by atoms with Crippen molar-refractivity contribution in [2.75, 3.05) is 7.05 Å². The first kappa shape index (κ1) is 15.3. The maximum absolute atomic E-state index is 12.1. The van der Waals surface area contributed by atoms with E-state index in [0.717, 1.165) is 0 Å². The number of ether oxygens (including phenoxy) is 1. The van der Waals surface area contributed by atoms with Crippen LogP contribution in [-0.4, -0.2) is 30.3 Å². The minimum absolute atomic E-state index is 0.162. The lowest BCUT2D eigenvalue weighted by Crippen LogP contribution is -2.39. The number of alkyl halides is 3. The van der Waals surface area contributed by atoms with Crippen LogP contribution in [0.25, 0.3) is 0 Å². The molecule has 0 aliphatic heterocycles. The van der Waals surface area contributed by atoms with Gasteiger partial charge < -0.3 is 15.4 Å². The number of rotatable bonds is 4. The van der Waals surface area contributed by atoms with Crippen molar-refractivity contribution in [3.8, 4) is 5.75 Å². The van der Waals surface area contributed by atoms with Crippen LogP contribution in [0.5, 0.6) is 5.75 Å². The third kappa shape index (κ3) is 5.17. The van der Waals surface area contributed by atoms with Crippen molar-refractivity contribution in [2.45, 2.75) is 25.9 Å². The number of carbonyl (C=O) groups is 1. The van der Waals surface area contributed by atoms with Gasteiger partial charge in [0, 0.05) is 13.6 Å². The molecule has 0 saturated heterocycles. The minimum atomic E-state index is -4.73. The van der Waals surface area contributed by atoms with Gasteiger partial charge >= 0.3 is 6.36 Å². The van der Waals surface area contributed by atoms with Crippen LogP contribution < -0.4 is 10.5 Å². The van der Waals surface area contributed by atoms with E-state index in [-0.39, 0.29) is 18.2 Å². The van der Waals surface area contributed by atoms with E-state index in [0.29, 0.717) is 5.56 Å². The molecule has 0 aliphatic carbocycles. The van der Waals surface area contributed by atoms with Gasteiger partial charge in [0.15, 0.2) is 0 Å². The van der Waals surface area contributed by atoms with Crippen LogP contribution in [0.4, 0.5) is 13.2 Å². The standard InChI is InChI=1S/C12H15F3N2O2/c1-8(16)11(18)17(2)7-9-4-3-5-10(6-9)19-12(13,14)15/h3-6,8H,7,16H2,1-2H3/t8-/m1/s1. The molecule has 0 bridgehead atoms. The second-order valence-corrected chi connectivity index (χ2v) is 4.18. The molecule has 19 heavy (non-hydrogen) atoms. The topological polar surface area (TPSA) is 55.6 Å². The Balaban J connectivity index is 2.75. The van der Waals surface area contributed by atoms with E-state index < -0.39 is 12.4 Å². The lowest BCUT2D eigenvalue weighted by Gasteiger charge is -2.19. The number of nitrogens with two attached hydrogens (primary N) is 1. The second-order valence-electron chi connectivity index (χ2n) is 4.18. The molecule has 1 aromatic rings. The molecule has 0 saturated carbocycles. The second kappa shape index (κ2) is 5.92. The van der Waals surface area contributed by atoms with Crippen molar-refractivity contribution < 1.29 is 22.7 Å². The van der Waals surface area contributed by atoms with Gasteiger partial charge in [0.1, 0.15) is 5.75 Å². The van der Waals surface area contributed by atoms with Gasteiger partial charge in [-0.05, 0) is 24.6 Å². The lowest BCUT2D eigenvalue weighted by molar-refractivity contribution is -0.274. The van der Waals surface area contributed by atoms with Gasteiger partial charge in [-0.15, -0.1) is 13.2 Å². The number of hydrogen-bond donors (Lipinski definition) is 1. The fourth-order valence-electron chi connectivity index (χ4n) is 1.54. The van der Waals surface area contributed by atoms with Crippen LogP contribution in [0.1, 0.15) is 12.5 Å². The summed E-state index contributed by atoms with van der Waals surface area (Å²) in [7, 11) is 1.53. The Morgan fingerprint density at radius 1 is 1.47 bits per heavy atom. The summed E-state index contributed by atoms with van der Waals surface area (Å²) in [5.41, 5.74) is 5.97. The molecule has 7 heteroatoms. The van der Waals surface area contributed by atoms with Crippen LogP contribution in [0.15, 0.2) is 24.3 Å². The molecule has 1 aromatic carbocycles. The molecule has 0 unspecified atom stereocenters.